The van der Waals surface area contributed by atoms with Crippen LogP contribution in [0.2, 0.25) is 0 Å². The molecule has 3 nitrogen and oxygen atoms in total. The van der Waals surface area contributed by atoms with Gasteiger partial charge in [0.25, 0.3) is 0 Å². The Morgan fingerprint density at radius 2 is 2.43 bits per heavy atom. The van der Waals surface area contributed by atoms with E-state index in [1.54, 1.807) is 6.26 Å². The van der Waals surface area contributed by atoms with Crippen LogP contribution in [0.4, 0.5) is 0 Å². The van der Waals surface area contributed by atoms with Crippen molar-refractivity contribution in [1.82, 2.24) is 5.32 Å². The molecule has 0 saturated carbocycles. The van der Waals surface area contributed by atoms with E-state index in [4.69, 9.17) is 9.15 Å². The van der Waals surface area contributed by atoms with Crippen LogP contribution in [0, 0.1) is 0 Å². The minimum absolute atomic E-state index is 0.311. The van der Waals surface area contributed by atoms with E-state index in [1.165, 1.54) is 0 Å². The maximum absolute atomic E-state index is 5.34. The molecule has 1 aromatic rings. The molecule has 0 aromatic carbocycles. The Morgan fingerprint density at radius 1 is 1.57 bits per heavy atom. The van der Waals surface area contributed by atoms with Crippen LogP contribution in [0.15, 0.2) is 22.8 Å². The third kappa shape index (κ3) is 3.52. The molecule has 1 N–H and O–H groups in total. The lowest BCUT2D eigenvalue weighted by atomic mass is 10.1. The summed E-state index contributed by atoms with van der Waals surface area (Å²) in [6, 6.07) is 4.23. The molecule has 0 radical (unpaired) electrons. The van der Waals surface area contributed by atoms with E-state index in [1.807, 2.05) is 26.1 Å². The largest absolute Gasteiger partial charge is 0.468 e. The number of nitrogens with one attached hydrogen (secondary N) is 1. The van der Waals surface area contributed by atoms with E-state index in [-0.39, 0.29) is 0 Å². The molecule has 1 aromatic heterocycles. The lowest BCUT2D eigenvalue weighted by Gasteiger charge is -2.12. The van der Waals surface area contributed by atoms with Gasteiger partial charge in [-0.15, -0.1) is 0 Å². The van der Waals surface area contributed by atoms with Crippen LogP contribution in [-0.4, -0.2) is 20.3 Å². The SMILES string of the molecule is CCOCCCC(NC)c1ccco1. The van der Waals surface area contributed by atoms with Crippen LogP contribution in [0.25, 0.3) is 0 Å². The molecule has 0 bridgehead atoms. The molecular weight excluding hydrogens is 178 g/mol. The zero-order valence-electron chi connectivity index (χ0n) is 8.95. The molecule has 1 atom stereocenters. The highest BCUT2D eigenvalue weighted by Gasteiger charge is 2.10. The average molecular weight is 197 g/mol. The van der Waals surface area contributed by atoms with Crippen LogP contribution in [-0.2, 0) is 4.74 Å². The summed E-state index contributed by atoms with van der Waals surface area (Å²) in [6.45, 7) is 3.64. The molecule has 0 fully saturated rings. The molecule has 14 heavy (non-hydrogen) atoms. The van der Waals surface area contributed by atoms with Crippen molar-refractivity contribution in [3.05, 3.63) is 24.2 Å². The fraction of sp³-hybridized carbons (Fsp3) is 0.636. The highest BCUT2D eigenvalue weighted by molar-refractivity contribution is 5.03. The zero-order chi connectivity index (χ0) is 10.2. The first-order valence-corrected chi connectivity index (χ1v) is 5.17. The average Bonchev–Trinajstić information content (AvgIpc) is 2.71. The maximum atomic E-state index is 5.34. The second-order valence-corrected chi connectivity index (χ2v) is 3.20. The molecule has 0 amide bonds. The summed E-state index contributed by atoms with van der Waals surface area (Å²) in [6.07, 6.45) is 3.81. The summed E-state index contributed by atoms with van der Waals surface area (Å²) in [4.78, 5) is 0. The van der Waals surface area contributed by atoms with Gasteiger partial charge in [-0.3, -0.25) is 0 Å². The van der Waals surface area contributed by atoms with Crippen molar-refractivity contribution in [2.75, 3.05) is 20.3 Å². The first kappa shape index (κ1) is 11.3. The molecule has 1 unspecified atom stereocenters. The third-order valence-corrected chi connectivity index (χ3v) is 2.22. The normalized spacial score (nSPS) is 13.0. The van der Waals surface area contributed by atoms with E-state index >= 15 is 0 Å². The van der Waals surface area contributed by atoms with Crippen molar-refractivity contribution >= 4 is 0 Å². The van der Waals surface area contributed by atoms with Gasteiger partial charge >= 0.3 is 0 Å². The quantitative estimate of drug-likeness (QED) is 0.681. The van der Waals surface area contributed by atoms with E-state index in [2.05, 4.69) is 5.32 Å². The van der Waals surface area contributed by atoms with Crippen LogP contribution >= 0.6 is 0 Å². The predicted octanol–water partition coefficient (Wildman–Crippen LogP) is 2.36. The standard InChI is InChI=1S/C11H19NO2/c1-3-13-8-4-6-10(12-2)11-7-5-9-14-11/h5,7,9-10,12H,3-4,6,8H2,1-2H3. The van der Waals surface area contributed by atoms with Gasteiger partial charge in [0.2, 0.25) is 0 Å². The number of rotatable bonds is 7. The van der Waals surface area contributed by atoms with Gasteiger partial charge in [-0.25, -0.2) is 0 Å². The fourth-order valence-corrected chi connectivity index (χ4v) is 1.45. The highest BCUT2D eigenvalue weighted by atomic mass is 16.5. The van der Waals surface area contributed by atoms with Crippen LogP contribution < -0.4 is 5.32 Å². The van der Waals surface area contributed by atoms with Crippen LogP contribution in [0.5, 0.6) is 0 Å². The lowest BCUT2D eigenvalue weighted by molar-refractivity contribution is 0.140. The van der Waals surface area contributed by atoms with Crippen molar-refractivity contribution in [3.63, 3.8) is 0 Å². The predicted molar refractivity (Wildman–Crippen MR) is 56.2 cm³/mol. The number of furan rings is 1. The maximum Gasteiger partial charge on any atom is 0.120 e. The number of ether oxygens (including phenoxy) is 1. The van der Waals surface area contributed by atoms with E-state index in [0.717, 1.165) is 31.8 Å². The number of hydrogen-bond donors (Lipinski definition) is 1. The summed E-state index contributed by atoms with van der Waals surface area (Å²) >= 11 is 0. The molecule has 3 heteroatoms. The summed E-state index contributed by atoms with van der Waals surface area (Å²) in [5.41, 5.74) is 0. The van der Waals surface area contributed by atoms with Gasteiger partial charge in [-0.2, -0.15) is 0 Å². The smallest absolute Gasteiger partial charge is 0.120 e. The minimum Gasteiger partial charge on any atom is -0.468 e. The second-order valence-electron chi connectivity index (χ2n) is 3.20. The molecule has 1 heterocycles. The van der Waals surface area contributed by atoms with E-state index < -0.39 is 0 Å². The van der Waals surface area contributed by atoms with Gasteiger partial charge in [0, 0.05) is 13.2 Å². The molecule has 0 aliphatic carbocycles. The molecule has 80 valence electrons. The van der Waals surface area contributed by atoms with Gasteiger partial charge in [-0.1, -0.05) is 0 Å². The Morgan fingerprint density at radius 3 is 3.00 bits per heavy atom. The van der Waals surface area contributed by atoms with Crippen molar-refractivity contribution in [2.45, 2.75) is 25.8 Å². The molecule has 0 aliphatic rings. The monoisotopic (exact) mass is 197 g/mol. The second kappa shape index (κ2) is 6.62. The van der Waals surface area contributed by atoms with Gasteiger partial charge in [0.05, 0.1) is 12.3 Å². The van der Waals surface area contributed by atoms with Crippen LogP contribution in [0.3, 0.4) is 0 Å². The topological polar surface area (TPSA) is 34.4 Å². The minimum atomic E-state index is 0.311. The van der Waals surface area contributed by atoms with Gasteiger partial charge in [0.15, 0.2) is 0 Å². The lowest BCUT2D eigenvalue weighted by Crippen LogP contribution is -2.16. The van der Waals surface area contributed by atoms with Gasteiger partial charge < -0.3 is 14.5 Å². The van der Waals surface area contributed by atoms with Crippen LogP contribution in [0.1, 0.15) is 31.6 Å². The molecule has 0 saturated heterocycles. The first-order chi connectivity index (χ1) is 6.88. The van der Waals surface area contributed by atoms with E-state index in [0.29, 0.717) is 6.04 Å². The van der Waals surface area contributed by atoms with Crippen molar-refractivity contribution in [1.29, 1.82) is 0 Å². The Hall–Kier alpha value is -0.800. The zero-order valence-corrected chi connectivity index (χ0v) is 8.95. The third-order valence-electron chi connectivity index (χ3n) is 2.22. The Balaban J connectivity index is 2.26. The van der Waals surface area contributed by atoms with Crippen molar-refractivity contribution in [2.24, 2.45) is 0 Å². The summed E-state index contributed by atoms with van der Waals surface area (Å²) < 4.78 is 10.6. The van der Waals surface area contributed by atoms with Gasteiger partial charge in [0.1, 0.15) is 5.76 Å². The fourth-order valence-electron chi connectivity index (χ4n) is 1.45. The summed E-state index contributed by atoms with van der Waals surface area (Å²) in [5.74, 6) is 1.00. The van der Waals surface area contributed by atoms with Crippen molar-refractivity contribution < 1.29 is 9.15 Å². The Labute approximate surface area is 85.4 Å². The molecule has 0 spiro atoms. The Kier molecular flexibility index (Phi) is 5.33. The first-order valence-electron chi connectivity index (χ1n) is 5.17. The molecule has 1 rings (SSSR count). The highest BCUT2D eigenvalue weighted by Crippen LogP contribution is 2.18. The number of hydrogen-bond acceptors (Lipinski definition) is 3. The Bertz CT molecular complexity index is 221. The summed E-state index contributed by atoms with van der Waals surface area (Å²) in [5, 5.41) is 3.23. The molecular formula is C11H19NO2. The van der Waals surface area contributed by atoms with Gasteiger partial charge in [-0.05, 0) is 38.9 Å². The summed E-state index contributed by atoms with van der Waals surface area (Å²) in [7, 11) is 1.95. The van der Waals surface area contributed by atoms with Crippen molar-refractivity contribution in [3.8, 4) is 0 Å². The molecule has 0 aliphatic heterocycles. The van der Waals surface area contributed by atoms with E-state index in [9.17, 15) is 0 Å².